The summed E-state index contributed by atoms with van der Waals surface area (Å²) in [4.78, 5) is 20.4. The van der Waals surface area contributed by atoms with Gasteiger partial charge in [0.2, 0.25) is 0 Å². The SMILES string of the molecule is C=CCNc1c(C(=C)C(C)=O)cc(-c2cnc(C)nc2)cc1C(C)CF. The summed E-state index contributed by atoms with van der Waals surface area (Å²) in [5.74, 6) is 0.193. The summed E-state index contributed by atoms with van der Waals surface area (Å²) in [6, 6.07) is 3.79. The number of aryl methyl sites for hydroxylation is 1. The monoisotopic (exact) mass is 353 g/mol. The molecule has 0 bridgehead atoms. The lowest BCUT2D eigenvalue weighted by Crippen LogP contribution is -2.10. The first-order valence-electron chi connectivity index (χ1n) is 8.46. The van der Waals surface area contributed by atoms with Crippen LogP contribution >= 0.6 is 0 Å². The van der Waals surface area contributed by atoms with Crippen LogP contribution in [0.25, 0.3) is 16.7 Å². The zero-order chi connectivity index (χ0) is 19.3. The molecule has 0 saturated carbocycles. The highest BCUT2D eigenvalue weighted by atomic mass is 19.1. The molecule has 0 radical (unpaired) electrons. The number of allylic oxidation sites excluding steroid dienone is 1. The zero-order valence-corrected chi connectivity index (χ0v) is 15.5. The summed E-state index contributed by atoms with van der Waals surface area (Å²) in [7, 11) is 0. The molecular formula is C21H24FN3O. The number of hydrogen-bond donors (Lipinski definition) is 1. The average molecular weight is 353 g/mol. The van der Waals surface area contributed by atoms with Crippen molar-refractivity contribution in [2.45, 2.75) is 26.7 Å². The Bertz CT molecular complexity index is 828. The molecule has 4 nitrogen and oxygen atoms in total. The van der Waals surface area contributed by atoms with Crippen molar-refractivity contribution in [2.24, 2.45) is 0 Å². The van der Waals surface area contributed by atoms with E-state index in [1.165, 1.54) is 6.92 Å². The van der Waals surface area contributed by atoms with Gasteiger partial charge in [0, 0.05) is 47.2 Å². The van der Waals surface area contributed by atoms with Gasteiger partial charge >= 0.3 is 0 Å². The first kappa shape index (κ1) is 19.5. The number of benzene rings is 1. The van der Waals surface area contributed by atoms with Crippen molar-refractivity contribution in [1.82, 2.24) is 9.97 Å². The number of anilines is 1. The number of alkyl halides is 1. The second-order valence-corrected chi connectivity index (χ2v) is 6.27. The lowest BCUT2D eigenvalue weighted by molar-refractivity contribution is -0.111. The van der Waals surface area contributed by atoms with Crippen molar-refractivity contribution in [2.75, 3.05) is 18.5 Å². The molecule has 0 saturated heterocycles. The largest absolute Gasteiger partial charge is 0.381 e. The maximum Gasteiger partial charge on any atom is 0.159 e. The molecule has 136 valence electrons. The molecule has 1 unspecified atom stereocenters. The minimum Gasteiger partial charge on any atom is -0.381 e. The quantitative estimate of drug-likeness (QED) is 0.551. The van der Waals surface area contributed by atoms with Crippen molar-refractivity contribution in [3.63, 3.8) is 0 Å². The molecule has 1 heterocycles. The van der Waals surface area contributed by atoms with Crippen LogP contribution in [0.1, 0.15) is 36.7 Å². The number of carbonyl (C=O) groups excluding carboxylic acids is 1. The summed E-state index contributed by atoms with van der Waals surface area (Å²) < 4.78 is 13.5. The van der Waals surface area contributed by atoms with E-state index >= 15 is 0 Å². The third kappa shape index (κ3) is 4.23. The highest BCUT2D eigenvalue weighted by Gasteiger charge is 2.19. The van der Waals surface area contributed by atoms with E-state index in [9.17, 15) is 9.18 Å². The van der Waals surface area contributed by atoms with E-state index in [1.807, 2.05) is 26.0 Å². The molecule has 0 spiro atoms. The molecule has 1 aromatic carbocycles. The minimum absolute atomic E-state index is 0.136. The molecular weight excluding hydrogens is 329 g/mol. The predicted octanol–water partition coefficient (Wildman–Crippen LogP) is 4.73. The fraction of sp³-hybridized carbons (Fsp3) is 0.286. The van der Waals surface area contributed by atoms with E-state index in [-0.39, 0.29) is 11.7 Å². The van der Waals surface area contributed by atoms with Crippen molar-refractivity contribution < 1.29 is 9.18 Å². The standard InChI is InChI=1S/C21H24FN3O/c1-6-7-23-21-19(13(2)10-22)8-17(9-20(21)14(3)15(4)26)18-11-24-16(5)25-12-18/h6,8-9,11-13,23H,1,3,7,10H2,2,4-5H3. The van der Waals surface area contributed by atoms with Crippen LogP contribution in [-0.4, -0.2) is 29.0 Å². The van der Waals surface area contributed by atoms with Gasteiger partial charge in [-0.25, -0.2) is 9.97 Å². The van der Waals surface area contributed by atoms with Crippen LogP contribution < -0.4 is 5.32 Å². The fourth-order valence-corrected chi connectivity index (χ4v) is 2.64. The predicted molar refractivity (Wildman–Crippen MR) is 105 cm³/mol. The number of Topliss-reactive ketones (excluding diaryl/α,β-unsaturated/α-hetero) is 1. The first-order chi connectivity index (χ1) is 12.4. The van der Waals surface area contributed by atoms with Crippen molar-refractivity contribution in [3.8, 4) is 11.1 Å². The molecule has 0 aliphatic rings. The third-order valence-corrected chi connectivity index (χ3v) is 4.22. The van der Waals surface area contributed by atoms with Crippen LogP contribution in [0.5, 0.6) is 0 Å². The van der Waals surface area contributed by atoms with Gasteiger partial charge in [-0.1, -0.05) is 19.6 Å². The van der Waals surface area contributed by atoms with Gasteiger partial charge in [0.15, 0.2) is 5.78 Å². The van der Waals surface area contributed by atoms with Crippen LogP contribution in [0.2, 0.25) is 0 Å². The second kappa shape index (κ2) is 8.52. The first-order valence-corrected chi connectivity index (χ1v) is 8.46. The van der Waals surface area contributed by atoms with E-state index in [0.717, 1.165) is 16.7 Å². The molecule has 1 aromatic heterocycles. The topological polar surface area (TPSA) is 54.9 Å². The molecule has 0 aliphatic carbocycles. The van der Waals surface area contributed by atoms with Crippen molar-refractivity contribution in [3.05, 3.63) is 60.7 Å². The van der Waals surface area contributed by atoms with Gasteiger partial charge in [-0.05, 0) is 37.1 Å². The van der Waals surface area contributed by atoms with Crippen LogP contribution in [-0.2, 0) is 4.79 Å². The van der Waals surface area contributed by atoms with Crippen LogP contribution in [0, 0.1) is 6.92 Å². The summed E-state index contributed by atoms with van der Waals surface area (Å²) in [6.45, 7) is 12.7. The molecule has 2 aromatic rings. The molecule has 0 fully saturated rings. The Kier molecular flexibility index (Phi) is 6.39. The fourth-order valence-electron chi connectivity index (χ4n) is 2.64. The van der Waals surface area contributed by atoms with E-state index in [1.54, 1.807) is 18.5 Å². The minimum atomic E-state index is -0.511. The molecule has 1 N–H and O–H groups in total. The number of ketones is 1. The third-order valence-electron chi connectivity index (χ3n) is 4.22. The highest BCUT2D eigenvalue weighted by Crippen LogP contribution is 2.37. The summed E-state index contributed by atoms with van der Waals surface area (Å²) in [5.41, 5.74) is 4.15. The highest BCUT2D eigenvalue weighted by molar-refractivity contribution is 6.20. The number of nitrogens with zero attached hydrogens (tertiary/aromatic N) is 2. The number of halogens is 1. The number of nitrogens with one attached hydrogen (secondary N) is 1. The summed E-state index contributed by atoms with van der Waals surface area (Å²) in [5, 5.41) is 3.24. The van der Waals surface area contributed by atoms with Crippen molar-refractivity contribution in [1.29, 1.82) is 0 Å². The van der Waals surface area contributed by atoms with Crippen LogP contribution in [0.15, 0.2) is 43.8 Å². The van der Waals surface area contributed by atoms with Crippen LogP contribution in [0.3, 0.4) is 0 Å². The van der Waals surface area contributed by atoms with E-state index in [0.29, 0.717) is 29.2 Å². The Balaban J connectivity index is 2.73. The Morgan fingerprint density at radius 2 is 1.96 bits per heavy atom. The van der Waals surface area contributed by atoms with Gasteiger partial charge in [-0.15, -0.1) is 6.58 Å². The lowest BCUT2D eigenvalue weighted by Gasteiger charge is -2.21. The molecule has 5 heteroatoms. The van der Waals surface area contributed by atoms with E-state index in [4.69, 9.17) is 0 Å². The van der Waals surface area contributed by atoms with Crippen molar-refractivity contribution >= 4 is 17.0 Å². The normalized spacial score (nSPS) is 11.7. The Morgan fingerprint density at radius 1 is 1.31 bits per heavy atom. The van der Waals surface area contributed by atoms with Gasteiger partial charge in [0.1, 0.15) is 5.82 Å². The number of hydrogen-bond acceptors (Lipinski definition) is 4. The van der Waals surface area contributed by atoms with Gasteiger partial charge < -0.3 is 5.32 Å². The second-order valence-electron chi connectivity index (χ2n) is 6.27. The average Bonchev–Trinajstić information content (AvgIpc) is 2.65. The summed E-state index contributed by atoms with van der Waals surface area (Å²) >= 11 is 0. The molecule has 26 heavy (non-hydrogen) atoms. The Morgan fingerprint density at radius 3 is 2.50 bits per heavy atom. The smallest absolute Gasteiger partial charge is 0.159 e. The molecule has 2 rings (SSSR count). The maximum absolute atomic E-state index is 13.5. The number of aromatic nitrogens is 2. The lowest BCUT2D eigenvalue weighted by atomic mass is 9.89. The van der Waals surface area contributed by atoms with E-state index < -0.39 is 6.67 Å². The number of rotatable bonds is 8. The Hall–Kier alpha value is -2.82. The van der Waals surface area contributed by atoms with Gasteiger partial charge in [0.25, 0.3) is 0 Å². The van der Waals surface area contributed by atoms with Gasteiger partial charge in [-0.3, -0.25) is 9.18 Å². The summed E-state index contributed by atoms with van der Waals surface area (Å²) in [6.07, 6.45) is 5.16. The number of carbonyl (C=O) groups is 1. The zero-order valence-electron chi connectivity index (χ0n) is 15.5. The molecule has 0 aliphatic heterocycles. The Labute approximate surface area is 153 Å². The van der Waals surface area contributed by atoms with E-state index in [2.05, 4.69) is 28.4 Å². The molecule has 0 amide bonds. The maximum atomic E-state index is 13.5. The molecule has 1 atom stereocenters. The van der Waals surface area contributed by atoms with Gasteiger partial charge in [-0.2, -0.15) is 0 Å². The van der Waals surface area contributed by atoms with Gasteiger partial charge in [0.05, 0.1) is 6.67 Å². The van der Waals surface area contributed by atoms with Crippen LogP contribution in [0.4, 0.5) is 10.1 Å².